The van der Waals surface area contributed by atoms with Crippen molar-refractivity contribution in [3.05, 3.63) is 23.8 Å². The Bertz CT molecular complexity index is 490. The number of aliphatic hydroxyl groups excluding tert-OH is 1. The van der Waals surface area contributed by atoms with Crippen LogP contribution in [0.2, 0.25) is 0 Å². The van der Waals surface area contributed by atoms with Crippen molar-refractivity contribution in [2.45, 2.75) is 18.4 Å². The summed E-state index contributed by atoms with van der Waals surface area (Å²) >= 11 is 0. The molecule has 2 aliphatic rings. The molecule has 5 heteroatoms. The average Bonchev–Trinajstić information content (AvgIpc) is 2.30. The molecule has 5 nitrogen and oxygen atoms in total. The van der Waals surface area contributed by atoms with Crippen molar-refractivity contribution in [2.75, 3.05) is 25.1 Å². The van der Waals surface area contributed by atoms with E-state index in [2.05, 4.69) is 5.32 Å². The van der Waals surface area contributed by atoms with Gasteiger partial charge in [-0.1, -0.05) is 6.07 Å². The number of nitrogens with one attached hydrogen (secondary N) is 1. The summed E-state index contributed by atoms with van der Waals surface area (Å²) in [6.07, 6.45) is -0.490. The van der Waals surface area contributed by atoms with E-state index in [0.29, 0.717) is 24.7 Å². The van der Waals surface area contributed by atoms with Crippen molar-refractivity contribution in [2.24, 2.45) is 0 Å². The van der Waals surface area contributed by atoms with Gasteiger partial charge < -0.3 is 19.9 Å². The molecule has 3 rings (SSSR count). The van der Waals surface area contributed by atoms with Gasteiger partial charge in [-0.2, -0.15) is 0 Å². The van der Waals surface area contributed by atoms with E-state index in [1.54, 1.807) is 6.92 Å². The number of aliphatic hydroxyl groups is 1. The third-order valence-corrected chi connectivity index (χ3v) is 3.58. The maximum Gasteiger partial charge on any atom is 0.265 e. The summed E-state index contributed by atoms with van der Waals surface area (Å²) in [5, 5.41) is 12.3. The SMILES string of the molecule is CC1Oc2cc(C3(CO)COC3)ccc2NC1=O. The molecule has 1 aromatic rings. The molecule has 0 bridgehead atoms. The second-order valence-corrected chi connectivity index (χ2v) is 4.89. The number of rotatable bonds is 2. The summed E-state index contributed by atoms with van der Waals surface area (Å²) in [7, 11) is 0. The lowest BCUT2D eigenvalue weighted by Crippen LogP contribution is -2.49. The van der Waals surface area contributed by atoms with E-state index in [0.717, 1.165) is 5.56 Å². The predicted molar refractivity (Wildman–Crippen MR) is 64.7 cm³/mol. The highest BCUT2D eigenvalue weighted by atomic mass is 16.5. The van der Waals surface area contributed by atoms with Crippen LogP contribution in [0.4, 0.5) is 5.69 Å². The molecule has 0 spiro atoms. The fourth-order valence-electron chi connectivity index (χ4n) is 2.23. The molecule has 2 heterocycles. The van der Waals surface area contributed by atoms with E-state index in [4.69, 9.17) is 9.47 Å². The van der Waals surface area contributed by atoms with Crippen LogP contribution in [-0.2, 0) is 14.9 Å². The van der Waals surface area contributed by atoms with E-state index >= 15 is 0 Å². The Morgan fingerprint density at radius 2 is 2.28 bits per heavy atom. The lowest BCUT2D eigenvalue weighted by atomic mass is 9.79. The van der Waals surface area contributed by atoms with E-state index in [-0.39, 0.29) is 17.9 Å². The van der Waals surface area contributed by atoms with Crippen molar-refractivity contribution < 1.29 is 19.4 Å². The molecule has 2 N–H and O–H groups in total. The van der Waals surface area contributed by atoms with Gasteiger partial charge in [0, 0.05) is 0 Å². The molecule has 1 amide bonds. The first-order valence-corrected chi connectivity index (χ1v) is 5.95. The lowest BCUT2D eigenvalue weighted by molar-refractivity contribution is -0.122. The number of amides is 1. The van der Waals surface area contributed by atoms with Gasteiger partial charge in [0.2, 0.25) is 0 Å². The Balaban J connectivity index is 1.96. The summed E-state index contributed by atoms with van der Waals surface area (Å²) in [6, 6.07) is 5.59. The van der Waals surface area contributed by atoms with E-state index in [9.17, 15) is 9.90 Å². The number of anilines is 1. The van der Waals surface area contributed by atoms with Crippen LogP contribution in [0.25, 0.3) is 0 Å². The van der Waals surface area contributed by atoms with Gasteiger partial charge in [-0.25, -0.2) is 0 Å². The molecular weight excluding hydrogens is 234 g/mol. The van der Waals surface area contributed by atoms with Crippen LogP contribution in [0.5, 0.6) is 5.75 Å². The lowest BCUT2D eigenvalue weighted by Gasteiger charge is -2.40. The molecule has 0 saturated carbocycles. The smallest absolute Gasteiger partial charge is 0.265 e. The summed E-state index contributed by atoms with van der Waals surface area (Å²) in [5.74, 6) is 0.512. The summed E-state index contributed by atoms with van der Waals surface area (Å²) in [4.78, 5) is 11.5. The molecule has 0 aliphatic carbocycles. The zero-order valence-electron chi connectivity index (χ0n) is 10.1. The number of hydrogen-bond donors (Lipinski definition) is 2. The summed E-state index contributed by atoms with van der Waals surface area (Å²) < 4.78 is 10.8. The maximum atomic E-state index is 11.5. The molecule has 1 fully saturated rings. The molecule has 1 atom stereocenters. The van der Waals surface area contributed by atoms with E-state index in [1.807, 2.05) is 18.2 Å². The van der Waals surface area contributed by atoms with Crippen molar-refractivity contribution in [3.63, 3.8) is 0 Å². The zero-order chi connectivity index (χ0) is 12.8. The number of ether oxygens (including phenoxy) is 2. The fourth-order valence-corrected chi connectivity index (χ4v) is 2.23. The molecule has 0 aromatic heterocycles. The molecule has 18 heavy (non-hydrogen) atoms. The Morgan fingerprint density at radius 1 is 1.50 bits per heavy atom. The monoisotopic (exact) mass is 249 g/mol. The van der Waals surface area contributed by atoms with Crippen LogP contribution in [-0.4, -0.2) is 36.9 Å². The van der Waals surface area contributed by atoms with Crippen LogP contribution < -0.4 is 10.1 Å². The van der Waals surface area contributed by atoms with Gasteiger partial charge in [-0.15, -0.1) is 0 Å². The van der Waals surface area contributed by atoms with Crippen LogP contribution in [0.1, 0.15) is 12.5 Å². The summed E-state index contributed by atoms with van der Waals surface area (Å²) in [5.41, 5.74) is 1.34. The molecule has 1 unspecified atom stereocenters. The second-order valence-electron chi connectivity index (χ2n) is 4.89. The van der Waals surface area contributed by atoms with Gasteiger partial charge in [0.05, 0.1) is 30.9 Å². The third kappa shape index (κ3) is 1.59. The first kappa shape index (κ1) is 11.5. The zero-order valence-corrected chi connectivity index (χ0v) is 10.1. The molecule has 96 valence electrons. The number of benzene rings is 1. The van der Waals surface area contributed by atoms with E-state index in [1.165, 1.54) is 0 Å². The first-order chi connectivity index (χ1) is 8.64. The molecule has 1 saturated heterocycles. The van der Waals surface area contributed by atoms with Crippen molar-refractivity contribution in [1.29, 1.82) is 0 Å². The molecule has 2 aliphatic heterocycles. The van der Waals surface area contributed by atoms with Crippen LogP contribution >= 0.6 is 0 Å². The quantitative estimate of drug-likeness (QED) is 0.808. The fraction of sp³-hybridized carbons (Fsp3) is 0.462. The van der Waals surface area contributed by atoms with E-state index < -0.39 is 6.10 Å². The Kier molecular flexibility index (Phi) is 2.53. The molecular formula is C13H15NO4. The van der Waals surface area contributed by atoms with Crippen molar-refractivity contribution in [3.8, 4) is 5.75 Å². The van der Waals surface area contributed by atoms with Gasteiger partial charge in [0.15, 0.2) is 6.10 Å². The van der Waals surface area contributed by atoms with Crippen molar-refractivity contribution in [1.82, 2.24) is 0 Å². The number of fused-ring (bicyclic) bond motifs is 1. The van der Waals surface area contributed by atoms with Gasteiger partial charge in [0.25, 0.3) is 5.91 Å². The predicted octanol–water partition coefficient (Wildman–Crippen LogP) is 0.666. The van der Waals surface area contributed by atoms with Crippen molar-refractivity contribution >= 4 is 11.6 Å². The number of hydrogen-bond acceptors (Lipinski definition) is 4. The average molecular weight is 249 g/mol. The van der Waals surface area contributed by atoms with Gasteiger partial charge in [-0.05, 0) is 24.6 Å². The normalized spacial score (nSPS) is 24.6. The third-order valence-electron chi connectivity index (χ3n) is 3.58. The second kappa shape index (κ2) is 3.96. The maximum absolute atomic E-state index is 11.5. The highest BCUT2D eigenvalue weighted by molar-refractivity contribution is 5.97. The minimum Gasteiger partial charge on any atom is -0.479 e. The standard InChI is InChI=1S/C13H15NO4/c1-8-12(16)14-10-3-2-9(4-11(10)18-8)13(5-15)6-17-7-13/h2-4,8,15H,5-7H2,1H3,(H,14,16). The number of carbonyl (C=O) groups is 1. The van der Waals surface area contributed by atoms with Gasteiger partial charge in [-0.3, -0.25) is 4.79 Å². The molecule has 0 radical (unpaired) electrons. The Labute approximate surface area is 105 Å². The molecule has 1 aromatic carbocycles. The minimum atomic E-state index is -0.490. The highest BCUT2D eigenvalue weighted by Gasteiger charge is 2.40. The Morgan fingerprint density at radius 3 is 2.89 bits per heavy atom. The number of carbonyl (C=O) groups excluding carboxylic acids is 1. The summed E-state index contributed by atoms with van der Waals surface area (Å²) in [6.45, 7) is 2.79. The van der Waals surface area contributed by atoms with Gasteiger partial charge in [0.1, 0.15) is 5.75 Å². The highest BCUT2D eigenvalue weighted by Crippen LogP contribution is 2.38. The first-order valence-electron chi connectivity index (χ1n) is 5.95. The van der Waals surface area contributed by atoms with Gasteiger partial charge >= 0.3 is 0 Å². The van der Waals surface area contributed by atoms with Crippen LogP contribution in [0.3, 0.4) is 0 Å². The Hall–Kier alpha value is -1.59. The van der Waals surface area contributed by atoms with Crippen LogP contribution in [0, 0.1) is 0 Å². The largest absolute Gasteiger partial charge is 0.479 e. The topological polar surface area (TPSA) is 67.8 Å². The van der Waals surface area contributed by atoms with Crippen LogP contribution in [0.15, 0.2) is 18.2 Å². The minimum absolute atomic E-state index is 0.0493.